The van der Waals surface area contributed by atoms with Crippen molar-refractivity contribution in [3.05, 3.63) is 10.6 Å². The molecule has 0 radical (unpaired) electrons. The summed E-state index contributed by atoms with van der Waals surface area (Å²) in [4.78, 5) is 11.3. The zero-order chi connectivity index (χ0) is 9.52. The lowest BCUT2D eigenvalue weighted by atomic mass is 9.76. The van der Waals surface area contributed by atoms with E-state index in [1.165, 1.54) is 0 Å². The molecule has 3 heteroatoms. The van der Waals surface area contributed by atoms with E-state index in [4.69, 9.17) is 23.2 Å². The number of Topliss-reactive ketones (excluding diaryl/α,β-unsaturated/α-hetero) is 1. The molecule has 0 aliphatic heterocycles. The average molecular weight is 207 g/mol. The summed E-state index contributed by atoms with van der Waals surface area (Å²) < 4.78 is 0. The van der Waals surface area contributed by atoms with Gasteiger partial charge in [-0.3, -0.25) is 4.79 Å². The van der Waals surface area contributed by atoms with Gasteiger partial charge in [-0.05, 0) is 17.9 Å². The Hall–Kier alpha value is -0.0100. The molecule has 1 nitrogen and oxygen atoms in total. The Morgan fingerprint density at radius 3 is 2.50 bits per heavy atom. The van der Waals surface area contributed by atoms with Crippen LogP contribution in [0.2, 0.25) is 0 Å². The summed E-state index contributed by atoms with van der Waals surface area (Å²) in [5.41, 5.74) is 0.640. The molecule has 1 atom stereocenters. The van der Waals surface area contributed by atoms with E-state index in [1.807, 2.05) is 20.8 Å². The molecule has 0 aromatic heterocycles. The Labute approximate surface area is 82.7 Å². The fourth-order valence-corrected chi connectivity index (χ4v) is 1.92. The van der Waals surface area contributed by atoms with Crippen molar-refractivity contribution in [2.45, 2.75) is 32.6 Å². The van der Waals surface area contributed by atoms with Crippen LogP contribution in [0.3, 0.4) is 0 Å². The van der Waals surface area contributed by atoms with Gasteiger partial charge in [-0.1, -0.05) is 25.4 Å². The summed E-state index contributed by atoms with van der Waals surface area (Å²) in [6, 6.07) is 0. The SMILES string of the molecule is CC1=C(Cl)C(=O)CC(C)(C)C1Cl. The van der Waals surface area contributed by atoms with Gasteiger partial charge in [-0.15, -0.1) is 11.6 Å². The van der Waals surface area contributed by atoms with Crippen molar-refractivity contribution >= 4 is 29.0 Å². The maximum absolute atomic E-state index is 11.3. The fraction of sp³-hybridized carbons (Fsp3) is 0.667. The minimum absolute atomic E-state index is 0.0102. The topological polar surface area (TPSA) is 17.1 Å². The zero-order valence-electron chi connectivity index (χ0n) is 7.45. The van der Waals surface area contributed by atoms with Gasteiger partial charge in [0.1, 0.15) is 0 Å². The molecule has 1 rings (SSSR count). The van der Waals surface area contributed by atoms with E-state index in [2.05, 4.69) is 0 Å². The lowest BCUT2D eigenvalue weighted by Gasteiger charge is -2.34. The first-order valence-corrected chi connectivity index (χ1v) is 4.71. The molecule has 0 spiro atoms. The summed E-state index contributed by atoms with van der Waals surface area (Å²) in [5, 5.41) is 0.206. The van der Waals surface area contributed by atoms with Crippen LogP contribution in [-0.2, 0) is 4.79 Å². The smallest absolute Gasteiger partial charge is 0.174 e. The van der Waals surface area contributed by atoms with E-state index in [0.717, 1.165) is 5.57 Å². The third kappa shape index (κ3) is 1.53. The Morgan fingerprint density at radius 1 is 1.50 bits per heavy atom. The monoisotopic (exact) mass is 206 g/mol. The predicted octanol–water partition coefficient (Wildman–Crippen LogP) is 3.11. The van der Waals surface area contributed by atoms with Crippen LogP contribution in [0.4, 0.5) is 0 Å². The van der Waals surface area contributed by atoms with Crippen molar-refractivity contribution in [3.63, 3.8) is 0 Å². The highest BCUT2D eigenvalue weighted by Crippen LogP contribution is 2.41. The van der Waals surface area contributed by atoms with E-state index >= 15 is 0 Å². The molecule has 0 saturated heterocycles. The molecular weight excluding hydrogens is 195 g/mol. The molecule has 0 bridgehead atoms. The number of halogens is 2. The molecule has 0 aromatic rings. The molecule has 1 aliphatic carbocycles. The average Bonchev–Trinajstić information content (AvgIpc) is 1.97. The number of carbonyl (C=O) groups excluding carboxylic acids is 1. The lowest BCUT2D eigenvalue weighted by molar-refractivity contribution is -0.117. The third-order valence-electron chi connectivity index (χ3n) is 2.27. The van der Waals surface area contributed by atoms with Crippen LogP contribution in [0.25, 0.3) is 0 Å². The van der Waals surface area contributed by atoms with Gasteiger partial charge in [-0.2, -0.15) is 0 Å². The van der Waals surface area contributed by atoms with Crippen molar-refractivity contribution in [1.29, 1.82) is 0 Å². The van der Waals surface area contributed by atoms with Crippen LogP contribution in [0.5, 0.6) is 0 Å². The van der Waals surface area contributed by atoms with Crippen molar-refractivity contribution < 1.29 is 4.79 Å². The summed E-state index contributed by atoms with van der Waals surface area (Å²) in [5.74, 6) is 0.0102. The van der Waals surface area contributed by atoms with Gasteiger partial charge in [-0.25, -0.2) is 0 Å². The second-order valence-electron chi connectivity index (χ2n) is 3.95. The number of allylic oxidation sites excluding steroid dienone is 2. The molecule has 0 N–H and O–H groups in total. The minimum atomic E-state index is -0.166. The number of carbonyl (C=O) groups is 1. The van der Waals surface area contributed by atoms with Crippen molar-refractivity contribution in [2.75, 3.05) is 0 Å². The summed E-state index contributed by atoms with van der Waals surface area (Å²) in [6.45, 7) is 5.78. The Balaban J connectivity index is 3.10. The van der Waals surface area contributed by atoms with E-state index in [9.17, 15) is 4.79 Å². The number of alkyl halides is 1. The molecule has 0 aromatic carbocycles. The number of hydrogen-bond donors (Lipinski definition) is 0. The first-order valence-electron chi connectivity index (χ1n) is 3.90. The maximum atomic E-state index is 11.3. The molecule has 0 fully saturated rings. The summed E-state index contributed by atoms with van der Waals surface area (Å²) in [6.07, 6.45) is 0.442. The Bertz CT molecular complexity index is 253. The van der Waals surface area contributed by atoms with Gasteiger partial charge >= 0.3 is 0 Å². The molecule has 1 aliphatic rings. The normalized spacial score (nSPS) is 29.4. The second-order valence-corrected chi connectivity index (χ2v) is 4.76. The van der Waals surface area contributed by atoms with E-state index in [0.29, 0.717) is 11.5 Å². The number of ketones is 1. The molecule has 0 heterocycles. The standard InChI is InChI=1S/C9H12Cl2O/c1-5-7(10)6(12)4-9(2,3)8(5)11/h8H,4H2,1-3H3. The van der Waals surface area contributed by atoms with E-state index in [-0.39, 0.29) is 16.6 Å². The van der Waals surface area contributed by atoms with E-state index < -0.39 is 0 Å². The predicted molar refractivity (Wildman–Crippen MR) is 51.6 cm³/mol. The minimum Gasteiger partial charge on any atom is -0.293 e. The molecule has 0 amide bonds. The third-order valence-corrected chi connectivity index (χ3v) is 3.70. The Kier molecular flexibility index (Phi) is 2.55. The maximum Gasteiger partial charge on any atom is 0.174 e. The first kappa shape index (κ1) is 10.1. The van der Waals surface area contributed by atoms with E-state index in [1.54, 1.807) is 0 Å². The molecule has 12 heavy (non-hydrogen) atoms. The molecule has 1 unspecified atom stereocenters. The van der Waals surface area contributed by atoms with Crippen LogP contribution in [0.1, 0.15) is 27.2 Å². The first-order chi connectivity index (χ1) is 5.36. The van der Waals surface area contributed by atoms with Crippen molar-refractivity contribution in [1.82, 2.24) is 0 Å². The van der Waals surface area contributed by atoms with Gasteiger partial charge < -0.3 is 0 Å². The molecule has 68 valence electrons. The van der Waals surface area contributed by atoms with Crippen LogP contribution in [-0.4, -0.2) is 11.2 Å². The quantitative estimate of drug-likeness (QED) is 0.558. The number of hydrogen-bond acceptors (Lipinski definition) is 1. The lowest BCUT2D eigenvalue weighted by Crippen LogP contribution is -2.33. The van der Waals surface area contributed by atoms with Crippen molar-refractivity contribution in [3.8, 4) is 0 Å². The molecular formula is C9H12Cl2O. The zero-order valence-corrected chi connectivity index (χ0v) is 8.96. The fourth-order valence-electron chi connectivity index (χ4n) is 1.50. The highest BCUT2D eigenvalue weighted by Gasteiger charge is 2.38. The van der Waals surface area contributed by atoms with Gasteiger partial charge in [0.15, 0.2) is 5.78 Å². The largest absolute Gasteiger partial charge is 0.293 e. The van der Waals surface area contributed by atoms with Crippen LogP contribution < -0.4 is 0 Å². The second kappa shape index (κ2) is 3.04. The van der Waals surface area contributed by atoms with Gasteiger partial charge in [0, 0.05) is 6.42 Å². The van der Waals surface area contributed by atoms with Crippen molar-refractivity contribution in [2.24, 2.45) is 5.41 Å². The summed E-state index contributed by atoms with van der Waals surface area (Å²) in [7, 11) is 0. The molecule has 0 saturated carbocycles. The van der Waals surface area contributed by atoms with Crippen LogP contribution in [0, 0.1) is 5.41 Å². The number of rotatable bonds is 0. The summed E-state index contributed by atoms with van der Waals surface area (Å²) >= 11 is 11.9. The highest BCUT2D eigenvalue weighted by atomic mass is 35.5. The van der Waals surface area contributed by atoms with Crippen LogP contribution >= 0.6 is 23.2 Å². The van der Waals surface area contributed by atoms with Crippen LogP contribution in [0.15, 0.2) is 10.6 Å². The van der Waals surface area contributed by atoms with Gasteiger partial charge in [0.2, 0.25) is 0 Å². The highest BCUT2D eigenvalue weighted by molar-refractivity contribution is 6.44. The van der Waals surface area contributed by atoms with Gasteiger partial charge in [0.05, 0.1) is 10.4 Å². The van der Waals surface area contributed by atoms with Gasteiger partial charge in [0.25, 0.3) is 0 Å². The Morgan fingerprint density at radius 2 is 2.00 bits per heavy atom.